The Bertz CT molecular complexity index is 717. The van der Waals surface area contributed by atoms with Gasteiger partial charge in [0.2, 0.25) is 0 Å². The van der Waals surface area contributed by atoms with Gasteiger partial charge in [-0.2, -0.15) is 5.10 Å². The number of fused-ring (bicyclic) bond motifs is 5. The second-order valence-corrected chi connectivity index (χ2v) is 8.13. The van der Waals surface area contributed by atoms with E-state index < -0.39 is 0 Å². The molecule has 0 spiro atoms. The molecule has 0 radical (unpaired) electrons. The summed E-state index contributed by atoms with van der Waals surface area (Å²) < 4.78 is 5.61. The summed E-state index contributed by atoms with van der Waals surface area (Å²) in [5.74, 6) is 7.76. The van der Waals surface area contributed by atoms with E-state index in [1.54, 1.807) is 6.07 Å². The second kappa shape index (κ2) is 5.90. The van der Waals surface area contributed by atoms with Crippen molar-refractivity contribution in [3.63, 3.8) is 0 Å². The molecule has 3 aliphatic carbocycles. The molecule has 2 saturated carbocycles. The van der Waals surface area contributed by atoms with Crippen LogP contribution in [-0.2, 0) is 0 Å². The van der Waals surface area contributed by atoms with E-state index in [2.05, 4.69) is 12.0 Å². The summed E-state index contributed by atoms with van der Waals surface area (Å²) in [5.41, 5.74) is 3.04. The number of hydrogen-bond donors (Lipinski definition) is 3. The van der Waals surface area contributed by atoms with Crippen molar-refractivity contribution in [1.29, 1.82) is 0 Å². The average Bonchev–Trinajstić information content (AvgIpc) is 2.90. The highest BCUT2D eigenvalue weighted by Gasteiger charge is 2.55. The highest BCUT2D eigenvalue weighted by molar-refractivity contribution is 6.03. The molecule has 0 aromatic heterocycles. The third-order valence-electron chi connectivity index (χ3n) is 7.11. The van der Waals surface area contributed by atoms with Crippen molar-refractivity contribution in [1.82, 2.24) is 0 Å². The number of nitrogens with two attached hydrogens (primary N) is 1. The number of phenols is 1. The lowest BCUT2D eigenvalue weighted by molar-refractivity contribution is -0.0177. The molecule has 2 fully saturated rings. The predicted octanol–water partition coefficient (Wildman–Crippen LogP) is 3.13. The van der Waals surface area contributed by atoms with Gasteiger partial charge in [-0.25, -0.2) is 0 Å². The Labute approximate surface area is 148 Å². The van der Waals surface area contributed by atoms with Gasteiger partial charge in [-0.15, -0.1) is 0 Å². The molecule has 1 aromatic carbocycles. The maximum absolute atomic E-state index is 10.5. The Balaban J connectivity index is 1.79. The van der Waals surface area contributed by atoms with Crippen LogP contribution in [0, 0.1) is 17.3 Å². The smallest absolute Gasteiger partial charge is 0.161 e. The van der Waals surface area contributed by atoms with Crippen LogP contribution in [0.15, 0.2) is 17.2 Å². The van der Waals surface area contributed by atoms with Crippen LogP contribution < -0.4 is 10.6 Å². The van der Waals surface area contributed by atoms with Crippen molar-refractivity contribution in [2.24, 2.45) is 28.2 Å². The van der Waals surface area contributed by atoms with Crippen LogP contribution in [0.5, 0.6) is 11.5 Å². The molecule has 1 aromatic rings. The fourth-order valence-electron chi connectivity index (χ4n) is 5.80. The third-order valence-corrected chi connectivity index (χ3v) is 7.11. The summed E-state index contributed by atoms with van der Waals surface area (Å²) in [5, 5.41) is 24.9. The van der Waals surface area contributed by atoms with Gasteiger partial charge in [0.25, 0.3) is 0 Å². The molecule has 0 amide bonds. The van der Waals surface area contributed by atoms with Crippen molar-refractivity contribution in [2.75, 3.05) is 6.61 Å². The SMILES string of the molecule is CCOc1cc2c(cc1O)/C(=N\N)CC1C2CC[C@@]2(C)C1CC[C@@H]2O. The van der Waals surface area contributed by atoms with Crippen LogP contribution in [0.3, 0.4) is 0 Å². The van der Waals surface area contributed by atoms with Crippen LogP contribution >= 0.6 is 0 Å². The van der Waals surface area contributed by atoms with Crippen molar-refractivity contribution in [2.45, 2.75) is 58.0 Å². The molecule has 3 unspecified atom stereocenters. The predicted molar refractivity (Wildman–Crippen MR) is 96.9 cm³/mol. The van der Waals surface area contributed by atoms with E-state index in [1.165, 1.54) is 5.56 Å². The maximum atomic E-state index is 10.5. The van der Waals surface area contributed by atoms with Crippen molar-refractivity contribution < 1.29 is 14.9 Å². The summed E-state index contributed by atoms with van der Waals surface area (Å²) in [6.07, 6.45) is 4.69. The minimum absolute atomic E-state index is 0.0120. The Morgan fingerprint density at radius 3 is 2.84 bits per heavy atom. The highest BCUT2D eigenvalue weighted by Crippen LogP contribution is 2.61. The molecule has 136 valence electrons. The normalized spacial score (nSPS) is 38.1. The number of benzene rings is 1. The third kappa shape index (κ3) is 2.35. The minimum atomic E-state index is -0.197. The van der Waals surface area contributed by atoms with Crippen molar-refractivity contribution in [3.05, 3.63) is 23.3 Å². The Hall–Kier alpha value is -1.75. The molecular weight excluding hydrogens is 316 g/mol. The van der Waals surface area contributed by atoms with Gasteiger partial charge in [0, 0.05) is 5.56 Å². The maximum Gasteiger partial charge on any atom is 0.161 e. The topological polar surface area (TPSA) is 88.1 Å². The van der Waals surface area contributed by atoms with E-state index in [-0.39, 0.29) is 17.3 Å². The summed E-state index contributed by atoms with van der Waals surface area (Å²) in [6, 6.07) is 3.75. The number of aliphatic hydroxyl groups is 1. The zero-order chi connectivity index (χ0) is 17.8. The molecule has 0 saturated heterocycles. The Morgan fingerprint density at radius 2 is 2.12 bits per heavy atom. The lowest BCUT2D eigenvalue weighted by Gasteiger charge is -2.50. The van der Waals surface area contributed by atoms with Gasteiger partial charge in [-0.3, -0.25) is 0 Å². The molecule has 25 heavy (non-hydrogen) atoms. The summed E-state index contributed by atoms with van der Waals surface area (Å²) in [7, 11) is 0. The van der Waals surface area contributed by atoms with Crippen LogP contribution in [0.1, 0.15) is 63.0 Å². The van der Waals surface area contributed by atoms with E-state index in [4.69, 9.17) is 10.6 Å². The standard InChI is InChI=1S/C20H28N2O3/c1-3-25-18-10-12-11-6-7-20(2)15(4-5-19(20)24)13(11)8-16(22-21)14(12)9-17(18)23/h9-11,13,15,19,23-24H,3-8,21H2,1-2H3/b22-16-/t11?,13?,15?,19-,20-/m0/s1. The Morgan fingerprint density at radius 1 is 1.32 bits per heavy atom. The minimum Gasteiger partial charge on any atom is -0.504 e. The van der Waals surface area contributed by atoms with Gasteiger partial charge >= 0.3 is 0 Å². The Kier molecular flexibility index (Phi) is 3.95. The number of aliphatic hydroxyl groups excluding tert-OH is 1. The quantitative estimate of drug-likeness (QED) is 0.568. The molecule has 0 bridgehead atoms. The van der Waals surface area contributed by atoms with Gasteiger partial charge in [0.1, 0.15) is 0 Å². The zero-order valence-electron chi connectivity index (χ0n) is 15.0. The van der Waals surface area contributed by atoms with Gasteiger partial charge in [0.15, 0.2) is 11.5 Å². The van der Waals surface area contributed by atoms with Gasteiger partial charge in [0.05, 0.1) is 18.4 Å². The molecular formula is C20H28N2O3. The van der Waals surface area contributed by atoms with Crippen LogP contribution in [0.4, 0.5) is 0 Å². The van der Waals surface area contributed by atoms with E-state index in [9.17, 15) is 10.2 Å². The molecule has 4 rings (SSSR count). The van der Waals surface area contributed by atoms with Gasteiger partial charge in [-0.1, -0.05) is 6.92 Å². The molecule has 5 atom stereocenters. The first kappa shape index (κ1) is 16.7. The van der Waals surface area contributed by atoms with Crippen LogP contribution in [0.2, 0.25) is 0 Å². The van der Waals surface area contributed by atoms with E-state index in [0.717, 1.165) is 43.4 Å². The number of aromatic hydroxyl groups is 1. The number of phenolic OH excluding ortho intramolecular Hbond substituents is 1. The van der Waals surface area contributed by atoms with E-state index >= 15 is 0 Å². The number of nitrogens with zero attached hydrogens (tertiary/aromatic N) is 1. The highest BCUT2D eigenvalue weighted by atomic mass is 16.5. The zero-order valence-corrected chi connectivity index (χ0v) is 15.0. The summed E-state index contributed by atoms with van der Waals surface area (Å²) in [4.78, 5) is 0. The first-order valence-electron chi connectivity index (χ1n) is 9.44. The number of rotatable bonds is 2. The van der Waals surface area contributed by atoms with E-state index in [0.29, 0.717) is 30.1 Å². The van der Waals surface area contributed by atoms with Crippen LogP contribution in [0.25, 0.3) is 0 Å². The molecule has 4 N–H and O–H groups in total. The lowest BCUT2D eigenvalue weighted by atomic mass is 9.55. The molecule has 3 aliphatic rings. The first-order valence-corrected chi connectivity index (χ1v) is 9.44. The molecule has 5 heteroatoms. The number of hydrazone groups is 1. The average molecular weight is 344 g/mol. The van der Waals surface area contributed by atoms with Gasteiger partial charge < -0.3 is 20.8 Å². The van der Waals surface area contributed by atoms with Crippen molar-refractivity contribution in [3.8, 4) is 11.5 Å². The monoisotopic (exact) mass is 344 g/mol. The first-order chi connectivity index (χ1) is 12.0. The van der Waals surface area contributed by atoms with Crippen molar-refractivity contribution >= 4 is 5.71 Å². The fourth-order valence-corrected chi connectivity index (χ4v) is 5.80. The van der Waals surface area contributed by atoms with Crippen LogP contribution in [-0.4, -0.2) is 28.6 Å². The molecule has 0 heterocycles. The summed E-state index contributed by atoms with van der Waals surface area (Å²) >= 11 is 0. The largest absolute Gasteiger partial charge is 0.504 e. The van der Waals surface area contributed by atoms with Gasteiger partial charge in [-0.05, 0) is 79.9 Å². The number of hydrogen-bond acceptors (Lipinski definition) is 5. The lowest BCUT2D eigenvalue weighted by Crippen LogP contribution is -2.45. The second-order valence-electron chi connectivity index (χ2n) is 8.13. The molecule has 0 aliphatic heterocycles. The number of ether oxygens (including phenoxy) is 1. The molecule has 5 nitrogen and oxygen atoms in total. The summed E-state index contributed by atoms with van der Waals surface area (Å²) in [6.45, 7) is 4.69. The fraction of sp³-hybridized carbons (Fsp3) is 0.650. The van der Waals surface area contributed by atoms with E-state index in [1.807, 2.05) is 13.0 Å².